The Kier molecular flexibility index (Phi) is 5.17. The monoisotopic (exact) mass is 445 g/mol. The minimum atomic E-state index is -0.112. The molecule has 0 bridgehead atoms. The topological polar surface area (TPSA) is 76.5 Å². The molecule has 3 heterocycles. The normalized spacial score (nSPS) is 11.3. The van der Waals surface area contributed by atoms with Crippen LogP contribution in [0.5, 0.6) is 0 Å². The first-order valence-corrected chi connectivity index (χ1v) is 11.6. The zero-order valence-corrected chi connectivity index (χ0v) is 18.6. The van der Waals surface area contributed by atoms with Gasteiger partial charge in [-0.3, -0.25) is 4.79 Å². The number of H-pyrrole nitrogens is 1. The maximum Gasteiger partial charge on any atom is 0.260 e. The number of nitrogens with one attached hydrogen (secondary N) is 1. The Bertz CT molecular complexity index is 1440. The number of aromatic amines is 1. The number of aromatic nitrogens is 5. The fraction of sp³-hybridized carbons (Fsp3) is 0.130. The number of nitrogens with zero attached hydrogens (tertiary/aromatic N) is 4. The van der Waals surface area contributed by atoms with Gasteiger partial charge in [0.05, 0.1) is 11.1 Å². The van der Waals surface area contributed by atoms with Crippen LogP contribution in [0.2, 0.25) is 0 Å². The van der Waals surface area contributed by atoms with Crippen LogP contribution in [0.15, 0.2) is 69.9 Å². The van der Waals surface area contributed by atoms with Crippen molar-refractivity contribution in [2.45, 2.75) is 17.8 Å². The highest BCUT2D eigenvalue weighted by atomic mass is 32.2. The third-order valence-corrected chi connectivity index (χ3v) is 7.04. The van der Waals surface area contributed by atoms with Crippen molar-refractivity contribution in [2.75, 3.05) is 0 Å². The maximum atomic E-state index is 12.8. The highest BCUT2D eigenvalue weighted by molar-refractivity contribution is 7.98. The molecule has 1 N–H and O–H groups in total. The lowest BCUT2D eigenvalue weighted by molar-refractivity contribution is 0.792. The lowest BCUT2D eigenvalue weighted by atomic mass is 10.1. The van der Waals surface area contributed by atoms with E-state index in [1.807, 2.05) is 65.5 Å². The number of thiophene rings is 1. The van der Waals surface area contributed by atoms with Crippen LogP contribution in [0.3, 0.4) is 0 Å². The molecular formula is C23H19N5OS2. The first-order valence-electron chi connectivity index (χ1n) is 9.76. The first kappa shape index (κ1) is 19.7. The second-order valence-electron chi connectivity index (χ2n) is 7.18. The molecule has 0 spiro atoms. The fourth-order valence-electron chi connectivity index (χ4n) is 3.52. The van der Waals surface area contributed by atoms with E-state index in [9.17, 15) is 4.79 Å². The number of thioether (sulfide) groups is 1. The summed E-state index contributed by atoms with van der Waals surface area (Å²) in [7, 11) is 1.95. The zero-order valence-electron chi connectivity index (χ0n) is 17.0. The molecule has 0 atom stereocenters. The summed E-state index contributed by atoms with van der Waals surface area (Å²) in [5.41, 5.74) is 4.04. The third kappa shape index (κ3) is 3.68. The average Bonchev–Trinajstić information content (AvgIpc) is 3.37. The quantitative estimate of drug-likeness (QED) is 0.383. The summed E-state index contributed by atoms with van der Waals surface area (Å²) in [4.78, 5) is 21.2. The summed E-state index contributed by atoms with van der Waals surface area (Å²) in [5.74, 6) is 1.96. The number of aryl methyl sites for hydroxylation is 1. The summed E-state index contributed by atoms with van der Waals surface area (Å²) < 4.78 is 1.97. The Morgan fingerprint density at radius 3 is 2.61 bits per heavy atom. The minimum absolute atomic E-state index is 0.112. The van der Waals surface area contributed by atoms with Gasteiger partial charge in [-0.15, -0.1) is 21.5 Å². The summed E-state index contributed by atoms with van der Waals surface area (Å²) >= 11 is 2.99. The summed E-state index contributed by atoms with van der Waals surface area (Å²) in [5, 5.41) is 12.1. The van der Waals surface area contributed by atoms with Crippen LogP contribution in [0.4, 0.5) is 0 Å². The number of hydrogen-bond acceptors (Lipinski definition) is 6. The molecule has 0 radical (unpaired) electrons. The SMILES string of the molecule is Cc1ccccc1-c1nnc(SCc2nc3scc(-c4ccccc4)c3c(=O)[nH]2)n1C. The van der Waals surface area contributed by atoms with E-state index in [1.54, 1.807) is 0 Å². The highest BCUT2D eigenvalue weighted by Gasteiger charge is 2.15. The lowest BCUT2D eigenvalue weighted by Crippen LogP contribution is -2.10. The molecule has 2 aromatic carbocycles. The van der Waals surface area contributed by atoms with Gasteiger partial charge in [-0.25, -0.2) is 4.98 Å². The van der Waals surface area contributed by atoms with Gasteiger partial charge in [0, 0.05) is 23.6 Å². The van der Waals surface area contributed by atoms with E-state index in [2.05, 4.69) is 28.2 Å². The van der Waals surface area contributed by atoms with E-state index >= 15 is 0 Å². The maximum absolute atomic E-state index is 12.8. The van der Waals surface area contributed by atoms with Crippen molar-refractivity contribution < 1.29 is 0 Å². The highest BCUT2D eigenvalue weighted by Crippen LogP contribution is 2.31. The minimum Gasteiger partial charge on any atom is -0.309 e. The third-order valence-electron chi connectivity index (χ3n) is 5.14. The van der Waals surface area contributed by atoms with Gasteiger partial charge in [-0.2, -0.15) is 0 Å². The van der Waals surface area contributed by atoms with Gasteiger partial charge in [0.2, 0.25) is 0 Å². The second-order valence-corrected chi connectivity index (χ2v) is 8.98. The van der Waals surface area contributed by atoms with E-state index in [0.717, 1.165) is 38.1 Å². The molecule has 0 aliphatic heterocycles. The molecule has 154 valence electrons. The number of hydrogen-bond donors (Lipinski definition) is 1. The van der Waals surface area contributed by atoms with Gasteiger partial charge in [-0.1, -0.05) is 66.4 Å². The molecule has 0 saturated carbocycles. The molecule has 8 heteroatoms. The van der Waals surface area contributed by atoms with Gasteiger partial charge in [-0.05, 0) is 18.1 Å². The number of fused-ring (bicyclic) bond motifs is 1. The Hall–Kier alpha value is -3.23. The Balaban J connectivity index is 1.41. The molecule has 0 unspecified atom stereocenters. The molecule has 31 heavy (non-hydrogen) atoms. The molecular weight excluding hydrogens is 426 g/mol. The molecule has 0 aliphatic rings. The van der Waals surface area contributed by atoms with Crippen LogP contribution in [-0.2, 0) is 12.8 Å². The van der Waals surface area contributed by atoms with E-state index in [-0.39, 0.29) is 5.56 Å². The van der Waals surface area contributed by atoms with Crippen molar-refractivity contribution in [3.05, 3.63) is 81.7 Å². The van der Waals surface area contributed by atoms with Crippen LogP contribution >= 0.6 is 23.1 Å². The molecule has 6 nitrogen and oxygen atoms in total. The summed E-state index contributed by atoms with van der Waals surface area (Å²) in [6.07, 6.45) is 0. The van der Waals surface area contributed by atoms with Crippen molar-refractivity contribution in [1.29, 1.82) is 0 Å². The molecule has 0 fully saturated rings. The van der Waals surface area contributed by atoms with E-state index < -0.39 is 0 Å². The van der Waals surface area contributed by atoms with E-state index in [4.69, 9.17) is 4.98 Å². The van der Waals surface area contributed by atoms with Gasteiger partial charge in [0.1, 0.15) is 10.7 Å². The zero-order chi connectivity index (χ0) is 21.4. The Morgan fingerprint density at radius 2 is 1.81 bits per heavy atom. The van der Waals surface area contributed by atoms with Gasteiger partial charge >= 0.3 is 0 Å². The van der Waals surface area contributed by atoms with Crippen molar-refractivity contribution in [2.24, 2.45) is 7.05 Å². The predicted octanol–water partition coefficient (Wildman–Crippen LogP) is 5.05. The molecule has 0 saturated heterocycles. The Labute approximate surface area is 187 Å². The number of rotatable bonds is 5. The van der Waals surface area contributed by atoms with Crippen molar-refractivity contribution in [3.8, 4) is 22.5 Å². The first-order chi connectivity index (χ1) is 15.1. The van der Waals surface area contributed by atoms with Crippen LogP contribution in [0, 0.1) is 6.92 Å². The molecule has 0 amide bonds. The van der Waals surface area contributed by atoms with E-state index in [0.29, 0.717) is 17.0 Å². The van der Waals surface area contributed by atoms with Crippen LogP contribution < -0.4 is 5.56 Å². The molecule has 5 aromatic rings. The van der Waals surface area contributed by atoms with Crippen LogP contribution in [-0.4, -0.2) is 24.7 Å². The summed E-state index contributed by atoms with van der Waals surface area (Å²) in [6, 6.07) is 18.0. The second kappa shape index (κ2) is 8.13. The van der Waals surface area contributed by atoms with Gasteiger partial charge < -0.3 is 9.55 Å². The molecule has 5 rings (SSSR count). The van der Waals surface area contributed by atoms with Crippen molar-refractivity contribution in [3.63, 3.8) is 0 Å². The molecule has 0 aliphatic carbocycles. The number of benzene rings is 2. The molecule has 3 aromatic heterocycles. The standard InChI is InChI=1S/C23H19N5OS2/c1-14-8-6-7-11-16(14)20-26-27-23(28(20)2)31-13-18-24-21(29)19-17(12-30-22(19)25-18)15-9-4-3-5-10-15/h3-12H,13H2,1-2H3,(H,24,25,29). The summed E-state index contributed by atoms with van der Waals surface area (Å²) in [6.45, 7) is 2.06. The van der Waals surface area contributed by atoms with Crippen molar-refractivity contribution >= 4 is 33.3 Å². The Morgan fingerprint density at radius 1 is 1.03 bits per heavy atom. The fourth-order valence-corrected chi connectivity index (χ4v) is 5.27. The lowest BCUT2D eigenvalue weighted by Gasteiger charge is -2.06. The predicted molar refractivity (Wildman–Crippen MR) is 126 cm³/mol. The van der Waals surface area contributed by atoms with Crippen molar-refractivity contribution in [1.82, 2.24) is 24.7 Å². The van der Waals surface area contributed by atoms with Crippen LogP contribution in [0.1, 0.15) is 11.4 Å². The van der Waals surface area contributed by atoms with E-state index in [1.165, 1.54) is 23.1 Å². The van der Waals surface area contributed by atoms with Gasteiger partial charge in [0.25, 0.3) is 5.56 Å². The smallest absolute Gasteiger partial charge is 0.260 e. The largest absolute Gasteiger partial charge is 0.309 e. The van der Waals surface area contributed by atoms with Gasteiger partial charge in [0.15, 0.2) is 11.0 Å². The average molecular weight is 446 g/mol. The van der Waals surface area contributed by atoms with Crippen LogP contribution in [0.25, 0.3) is 32.7 Å².